The van der Waals surface area contributed by atoms with Crippen molar-refractivity contribution < 1.29 is 14.3 Å². The molecule has 1 aliphatic heterocycles. The first-order chi connectivity index (χ1) is 13.0. The standard InChI is InChI=1S/C21H27N3O3/c1-21(2)13-27-20(26)18(21)22-19(25)17-15-10-6-7-11-16(15)24(23-17)12-14-8-4-3-5-9-14/h6-7,10-11,14,18H,3-5,8-9,12-13H2,1-2H3,(H,22,25)/t18-/m0/s1. The lowest BCUT2D eigenvalue weighted by atomic mass is 9.87. The Kier molecular flexibility index (Phi) is 4.66. The molecule has 2 heterocycles. The first-order valence-corrected chi connectivity index (χ1v) is 9.89. The van der Waals surface area contributed by atoms with E-state index in [1.54, 1.807) is 0 Å². The first-order valence-electron chi connectivity index (χ1n) is 9.89. The number of hydrogen-bond donors (Lipinski definition) is 1. The number of carbonyl (C=O) groups is 2. The van der Waals surface area contributed by atoms with E-state index in [0.717, 1.165) is 17.4 Å². The van der Waals surface area contributed by atoms with Crippen molar-refractivity contribution in [2.45, 2.75) is 58.5 Å². The number of nitrogens with one attached hydrogen (secondary N) is 1. The number of aromatic nitrogens is 2. The average molecular weight is 369 g/mol. The summed E-state index contributed by atoms with van der Waals surface area (Å²) < 4.78 is 7.10. The van der Waals surface area contributed by atoms with Crippen molar-refractivity contribution in [1.82, 2.24) is 15.1 Å². The smallest absolute Gasteiger partial charge is 0.329 e. The number of rotatable bonds is 4. The Hall–Kier alpha value is -2.37. The van der Waals surface area contributed by atoms with Gasteiger partial charge in [0.05, 0.1) is 12.1 Å². The van der Waals surface area contributed by atoms with E-state index >= 15 is 0 Å². The highest BCUT2D eigenvalue weighted by molar-refractivity contribution is 6.06. The third-order valence-corrected chi connectivity index (χ3v) is 5.91. The quantitative estimate of drug-likeness (QED) is 0.839. The molecule has 144 valence electrons. The number of esters is 1. The van der Waals surface area contributed by atoms with E-state index in [0.29, 0.717) is 18.2 Å². The fraction of sp³-hybridized carbons (Fsp3) is 0.571. The van der Waals surface area contributed by atoms with Crippen LogP contribution in [0, 0.1) is 11.3 Å². The Morgan fingerprint density at radius 3 is 2.70 bits per heavy atom. The van der Waals surface area contributed by atoms with Crippen molar-refractivity contribution in [2.24, 2.45) is 11.3 Å². The van der Waals surface area contributed by atoms with Gasteiger partial charge in [-0.3, -0.25) is 9.48 Å². The summed E-state index contributed by atoms with van der Waals surface area (Å²) >= 11 is 0. The molecular weight excluding hydrogens is 342 g/mol. The number of hydrogen-bond acceptors (Lipinski definition) is 4. The molecule has 0 spiro atoms. The molecule has 1 aromatic heterocycles. The van der Waals surface area contributed by atoms with Gasteiger partial charge in [-0.2, -0.15) is 5.10 Å². The monoisotopic (exact) mass is 369 g/mol. The normalized spacial score (nSPS) is 22.7. The largest absolute Gasteiger partial charge is 0.463 e. The lowest BCUT2D eigenvalue weighted by Crippen LogP contribution is -2.46. The predicted molar refractivity (Wildman–Crippen MR) is 102 cm³/mol. The number of amides is 1. The SMILES string of the molecule is CC1(C)COC(=O)[C@@H]1NC(=O)c1nn(CC2CCCCC2)c2ccccc12. The van der Waals surface area contributed by atoms with Crippen molar-refractivity contribution in [1.29, 1.82) is 0 Å². The molecule has 0 bridgehead atoms. The number of ether oxygens (including phenoxy) is 1. The highest BCUT2D eigenvalue weighted by Crippen LogP contribution is 2.30. The minimum atomic E-state index is -0.646. The summed E-state index contributed by atoms with van der Waals surface area (Å²) in [6.45, 7) is 4.99. The second kappa shape index (κ2) is 6.98. The zero-order valence-corrected chi connectivity index (χ0v) is 16.0. The molecule has 0 unspecified atom stereocenters. The summed E-state index contributed by atoms with van der Waals surface area (Å²) in [5, 5.41) is 8.33. The molecule has 2 aliphatic rings. The molecule has 0 radical (unpaired) electrons. The van der Waals surface area contributed by atoms with Gasteiger partial charge in [-0.15, -0.1) is 0 Å². The van der Waals surface area contributed by atoms with Crippen molar-refractivity contribution in [3.8, 4) is 0 Å². The summed E-state index contributed by atoms with van der Waals surface area (Å²) in [4.78, 5) is 25.0. The van der Waals surface area contributed by atoms with Gasteiger partial charge in [-0.05, 0) is 24.8 Å². The molecule has 1 saturated carbocycles. The van der Waals surface area contributed by atoms with E-state index in [4.69, 9.17) is 4.74 Å². The Balaban J connectivity index is 1.61. The van der Waals surface area contributed by atoms with Crippen LogP contribution in [0.25, 0.3) is 10.9 Å². The van der Waals surface area contributed by atoms with Crippen LogP contribution in [0.3, 0.4) is 0 Å². The van der Waals surface area contributed by atoms with Crippen LogP contribution in [0.2, 0.25) is 0 Å². The molecule has 4 rings (SSSR count). The Morgan fingerprint density at radius 2 is 2.00 bits per heavy atom. The van der Waals surface area contributed by atoms with Gasteiger partial charge in [-0.1, -0.05) is 51.3 Å². The van der Waals surface area contributed by atoms with Crippen LogP contribution in [-0.2, 0) is 16.1 Å². The van der Waals surface area contributed by atoms with Crippen molar-refractivity contribution in [2.75, 3.05) is 6.61 Å². The molecule has 6 heteroatoms. The van der Waals surface area contributed by atoms with Gasteiger partial charge in [0.25, 0.3) is 5.91 Å². The van der Waals surface area contributed by atoms with Gasteiger partial charge in [0.1, 0.15) is 6.04 Å². The number of benzene rings is 1. The first kappa shape index (κ1) is 18.0. The Morgan fingerprint density at radius 1 is 1.26 bits per heavy atom. The minimum absolute atomic E-state index is 0.313. The lowest BCUT2D eigenvalue weighted by Gasteiger charge is -2.22. The van der Waals surface area contributed by atoms with Crippen molar-refractivity contribution in [3.63, 3.8) is 0 Å². The van der Waals surface area contributed by atoms with E-state index in [2.05, 4.69) is 10.4 Å². The molecule has 1 saturated heterocycles. The molecule has 2 aromatic rings. The fourth-order valence-corrected chi connectivity index (χ4v) is 4.25. The maximum atomic E-state index is 13.0. The van der Waals surface area contributed by atoms with Crippen LogP contribution < -0.4 is 5.32 Å². The highest BCUT2D eigenvalue weighted by Gasteiger charge is 2.44. The molecule has 2 fully saturated rings. The number of para-hydroxylation sites is 1. The van der Waals surface area contributed by atoms with Gasteiger partial charge in [0, 0.05) is 17.3 Å². The zero-order chi connectivity index (χ0) is 19.0. The van der Waals surface area contributed by atoms with Gasteiger partial charge < -0.3 is 10.1 Å². The number of fused-ring (bicyclic) bond motifs is 1. The van der Waals surface area contributed by atoms with E-state index in [-0.39, 0.29) is 11.9 Å². The third-order valence-electron chi connectivity index (χ3n) is 5.91. The van der Waals surface area contributed by atoms with E-state index in [1.807, 2.05) is 42.8 Å². The van der Waals surface area contributed by atoms with Gasteiger partial charge in [-0.25, -0.2) is 4.79 Å². The van der Waals surface area contributed by atoms with Gasteiger partial charge in [0.15, 0.2) is 5.69 Å². The average Bonchev–Trinajstić information content (AvgIpc) is 3.15. The second-order valence-electron chi connectivity index (χ2n) is 8.55. The Bertz CT molecular complexity index is 865. The topological polar surface area (TPSA) is 73.2 Å². The van der Waals surface area contributed by atoms with Crippen LogP contribution >= 0.6 is 0 Å². The van der Waals surface area contributed by atoms with Gasteiger partial charge in [0.2, 0.25) is 0 Å². The molecular formula is C21H27N3O3. The van der Waals surface area contributed by atoms with E-state index in [1.165, 1.54) is 32.1 Å². The molecule has 27 heavy (non-hydrogen) atoms. The van der Waals surface area contributed by atoms with Crippen molar-refractivity contribution in [3.05, 3.63) is 30.0 Å². The molecule has 1 aromatic carbocycles. The fourth-order valence-electron chi connectivity index (χ4n) is 4.25. The number of carbonyl (C=O) groups excluding carboxylic acids is 2. The van der Waals surface area contributed by atoms with Crippen LogP contribution in [0.5, 0.6) is 0 Å². The molecule has 1 atom stereocenters. The third kappa shape index (κ3) is 3.45. The van der Waals surface area contributed by atoms with E-state index < -0.39 is 11.5 Å². The van der Waals surface area contributed by atoms with E-state index in [9.17, 15) is 9.59 Å². The zero-order valence-electron chi connectivity index (χ0n) is 16.0. The molecule has 1 aliphatic carbocycles. The summed E-state index contributed by atoms with van der Waals surface area (Å²) in [6.07, 6.45) is 6.30. The maximum absolute atomic E-state index is 13.0. The predicted octanol–water partition coefficient (Wildman–Crippen LogP) is 3.30. The van der Waals surface area contributed by atoms with Crippen LogP contribution in [-0.4, -0.2) is 34.3 Å². The Labute approximate surface area is 159 Å². The lowest BCUT2D eigenvalue weighted by molar-refractivity contribution is -0.139. The summed E-state index contributed by atoms with van der Waals surface area (Å²) in [5.41, 5.74) is 0.936. The maximum Gasteiger partial charge on any atom is 0.329 e. The molecule has 6 nitrogen and oxygen atoms in total. The summed E-state index contributed by atoms with van der Waals surface area (Å²) in [5.74, 6) is -0.0773. The van der Waals surface area contributed by atoms with Crippen LogP contribution in [0.1, 0.15) is 56.4 Å². The number of nitrogens with zero attached hydrogens (tertiary/aromatic N) is 2. The van der Waals surface area contributed by atoms with Crippen LogP contribution in [0.4, 0.5) is 0 Å². The molecule has 1 amide bonds. The summed E-state index contributed by atoms with van der Waals surface area (Å²) in [6, 6.07) is 7.18. The highest BCUT2D eigenvalue weighted by atomic mass is 16.5. The number of cyclic esters (lactones) is 1. The van der Waals surface area contributed by atoms with Gasteiger partial charge >= 0.3 is 5.97 Å². The minimum Gasteiger partial charge on any atom is -0.463 e. The molecule has 1 N–H and O–H groups in total. The van der Waals surface area contributed by atoms with Crippen molar-refractivity contribution >= 4 is 22.8 Å². The second-order valence-corrected chi connectivity index (χ2v) is 8.55. The summed E-state index contributed by atoms with van der Waals surface area (Å²) in [7, 11) is 0. The van der Waals surface area contributed by atoms with Crippen LogP contribution in [0.15, 0.2) is 24.3 Å².